The fourth-order valence-corrected chi connectivity index (χ4v) is 1.38. The Hall–Kier alpha value is -1.05. The first-order valence-electron chi connectivity index (χ1n) is 3.78. The van der Waals surface area contributed by atoms with Gasteiger partial charge in [0.25, 0.3) is 0 Å². The Kier molecular flexibility index (Phi) is 3.74. The molecule has 2 N–H and O–H groups in total. The van der Waals surface area contributed by atoms with Crippen LogP contribution in [-0.2, 0) is 6.42 Å². The molecule has 1 aromatic rings. The highest BCUT2D eigenvalue weighted by molar-refractivity contribution is 7.97. The molecule has 13 heavy (non-hydrogen) atoms. The highest BCUT2D eigenvalue weighted by atomic mass is 32.2. The van der Waals surface area contributed by atoms with E-state index >= 15 is 0 Å². The predicted molar refractivity (Wildman–Crippen MR) is 51.5 cm³/mol. The lowest BCUT2D eigenvalue weighted by atomic mass is 10.1. The molecule has 0 saturated carbocycles. The second kappa shape index (κ2) is 4.85. The summed E-state index contributed by atoms with van der Waals surface area (Å²) < 4.78 is 12.7. The molecule has 2 nitrogen and oxygen atoms in total. The first-order chi connectivity index (χ1) is 6.27. The van der Waals surface area contributed by atoms with Crippen LogP contribution in [0.4, 0.5) is 4.39 Å². The molecule has 0 aromatic heterocycles. The van der Waals surface area contributed by atoms with Gasteiger partial charge in [-0.15, -0.1) is 0 Å². The largest absolute Gasteiger partial charge is 0.278 e. The Morgan fingerprint density at radius 2 is 2.31 bits per heavy atom. The third-order valence-corrected chi connectivity index (χ3v) is 2.12. The SMILES string of the molecule is N#Cc1cc(F)ccc1CCSN. The third-order valence-electron chi connectivity index (χ3n) is 1.68. The first-order valence-corrected chi connectivity index (χ1v) is 4.83. The zero-order valence-electron chi connectivity index (χ0n) is 6.96. The van der Waals surface area contributed by atoms with Gasteiger partial charge in [0.15, 0.2) is 0 Å². The summed E-state index contributed by atoms with van der Waals surface area (Å²) >= 11 is 1.22. The van der Waals surface area contributed by atoms with Gasteiger partial charge in [0.1, 0.15) is 5.82 Å². The summed E-state index contributed by atoms with van der Waals surface area (Å²) in [6.07, 6.45) is 0.699. The number of hydrogen-bond donors (Lipinski definition) is 1. The van der Waals surface area contributed by atoms with Gasteiger partial charge in [-0.05, 0) is 24.1 Å². The lowest BCUT2D eigenvalue weighted by Crippen LogP contribution is -1.95. The van der Waals surface area contributed by atoms with Gasteiger partial charge in [0.05, 0.1) is 11.6 Å². The average molecular weight is 196 g/mol. The van der Waals surface area contributed by atoms with Gasteiger partial charge >= 0.3 is 0 Å². The van der Waals surface area contributed by atoms with Gasteiger partial charge in [-0.1, -0.05) is 18.0 Å². The van der Waals surface area contributed by atoms with Crippen molar-refractivity contribution in [3.8, 4) is 6.07 Å². The van der Waals surface area contributed by atoms with E-state index in [9.17, 15) is 4.39 Å². The summed E-state index contributed by atoms with van der Waals surface area (Å²) in [5.41, 5.74) is 1.25. The zero-order valence-corrected chi connectivity index (χ0v) is 7.77. The molecule has 0 aliphatic rings. The zero-order chi connectivity index (χ0) is 9.68. The third kappa shape index (κ3) is 2.72. The molecule has 0 radical (unpaired) electrons. The van der Waals surface area contributed by atoms with Crippen LogP contribution in [0.3, 0.4) is 0 Å². The molecule has 0 spiro atoms. The lowest BCUT2D eigenvalue weighted by molar-refractivity contribution is 0.626. The Morgan fingerprint density at radius 3 is 2.92 bits per heavy atom. The van der Waals surface area contributed by atoms with Gasteiger partial charge in [-0.2, -0.15) is 5.26 Å². The smallest absolute Gasteiger partial charge is 0.124 e. The molecule has 4 heteroatoms. The Balaban J connectivity index is 2.88. The van der Waals surface area contributed by atoms with E-state index in [1.165, 1.54) is 24.1 Å². The molecular formula is C9H9FN2S. The van der Waals surface area contributed by atoms with Gasteiger partial charge in [0.2, 0.25) is 0 Å². The van der Waals surface area contributed by atoms with Crippen molar-refractivity contribution < 1.29 is 4.39 Å². The number of rotatable bonds is 3. The van der Waals surface area contributed by atoms with Crippen LogP contribution in [0.5, 0.6) is 0 Å². The van der Waals surface area contributed by atoms with Crippen LogP contribution >= 0.6 is 11.9 Å². The highest BCUT2D eigenvalue weighted by Crippen LogP contribution is 2.12. The topological polar surface area (TPSA) is 49.8 Å². The van der Waals surface area contributed by atoms with E-state index in [1.54, 1.807) is 6.07 Å². The fraction of sp³-hybridized carbons (Fsp3) is 0.222. The highest BCUT2D eigenvalue weighted by Gasteiger charge is 2.02. The number of nitrogens with two attached hydrogens (primary N) is 1. The molecule has 1 aromatic carbocycles. The maximum atomic E-state index is 12.7. The standard InChI is InChI=1S/C9H9FN2S/c10-9-2-1-7(3-4-13-12)8(5-9)6-11/h1-2,5H,3-4,12H2. The van der Waals surface area contributed by atoms with E-state index in [-0.39, 0.29) is 5.82 Å². The van der Waals surface area contributed by atoms with Crippen LogP contribution in [0.25, 0.3) is 0 Å². The molecule has 68 valence electrons. The van der Waals surface area contributed by atoms with Crippen LogP contribution in [0.15, 0.2) is 18.2 Å². The van der Waals surface area contributed by atoms with E-state index in [1.807, 2.05) is 6.07 Å². The minimum atomic E-state index is -0.374. The maximum absolute atomic E-state index is 12.7. The van der Waals surface area contributed by atoms with Gasteiger partial charge in [-0.25, -0.2) is 4.39 Å². The number of aryl methyl sites for hydroxylation is 1. The fourth-order valence-electron chi connectivity index (χ4n) is 1.04. The van der Waals surface area contributed by atoms with Crippen molar-refractivity contribution in [1.29, 1.82) is 5.26 Å². The summed E-state index contributed by atoms with van der Waals surface area (Å²) in [5.74, 6) is 0.362. The van der Waals surface area contributed by atoms with Crippen LogP contribution < -0.4 is 5.14 Å². The van der Waals surface area contributed by atoms with E-state index in [0.29, 0.717) is 12.0 Å². The molecule has 0 fully saturated rings. The van der Waals surface area contributed by atoms with Crippen LogP contribution in [0.1, 0.15) is 11.1 Å². The molecule has 0 aliphatic carbocycles. The van der Waals surface area contributed by atoms with Crippen molar-refractivity contribution in [3.05, 3.63) is 35.1 Å². The minimum Gasteiger partial charge on any atom is -0.278 e. The Labute approximate surface area is 80.7 Å². The number of nitrogens with zero attached hydrogens (tertiary/aromatic N) is 1. The maximum Gasteiger partial charge on any atom is 0.124 e. The average Bonchev–Trinajstić information content (AvgIpc) is 2.16. The van der Waals surface area contributed by atoms with E-state index in [4.69, 9.17) is 10.4 Å². The summed E-state index contributed by atoms with van der Waals surface area (Å²) in [6, 6.07) is 6.19. The molecule has 1 rings (SSSR count). The Bertz CT molecular complexity index is 333. The molecule has 0 heterocycles. The van der Waals surface area contributed by atoms with Gasteiger partial charge < -0.3 is 0 Å². The number of hydrogen-bond acceptors (Lipinski definition) is 3. The molecule has 0 unspecified atom stereocenters. The summed E-state index contributed by atoms with van der Waals surface area (Å²) in [7, 11) is 0. The van der Waals surface area contributed by atoms with Crippen molar-refractivity contribution in [1.82, 2.24) is 0 Å². The van der Waals surface area contributed by atoms with Crippen molar-refractivity contribution in [2.24, 2.45) is 5.14 Å². The lowest BCUT2D eigenvalue weighted by Gasteiger charge is -2.01. The summed E-state index contributed by atoms with van der Waals surface area (Å²) in [6.45, 7) is 0. The second-order valence-corrected chi connectivity index (χ2v) is 3.28. The quantitative estimate of drug-likeness (QED) is 0.750. The molecule has 0 saturated heterocycles. The molecule has 0 amide bonds. The summed E-state index contributed by atoms with van der Waals surface area (Å²) in [4.78, 5) is 0. The van der Waals surface area contributed by atoms with Gasteiger partial charge in [0, 0.05) is 5.75 Å². The van der Waals surface area contributed by atoms with Crippen molar-refractivity contribution in [3.63, 3.8) is 0 Å². The number of halogens is 1. The van der Waals surface area contributed by atoms with E-state index in [2.05, 4.69) is 0 Å². The van der Waals surface area contributed by atoms with Crippen molar-refractivity contribution in [2.75, 3.05) is 5.75 Å². The second-order valence-electron chi connectivity index (χ2n) is 2.53. The predicted octanol–water partition coefficient (Wildman–Crippen LogP) is 1.85. The van der Waals surface area contributed by atoms with Crippen LogP contribution in [0.2, 0.25) is 0 Å². The van der Waals surface area contributed by atoms with Crippen LogP contribution in [0, 0.1) is 17.1 Å². The van der Waals surface area contributed by atoms with Crippen molar-refractivity contribution in [2.45, 2.75) is 6.42 Å². The van der Waals surface area contributed by atoms with E-state index < -0.39 is 0 Å². The molecular weight excluding hydrogens is 187 g/mol. The molecule has 0 aliphatic heterocycles. The van der Waals surface area contributed by atoms with Crippen LogP contribution in [-0.4, -0.2) is 5.75 Å². The molecule has 0 atom stereocenters. The van der Waals surface area contributed by atoms with E-state index in [0.717, 1.165) is 11.3 Å². The normalized spacial score (nSPS) is 9.62. The Morgan fingerprint density at radius 1 is 1.54 bits per heavy atom. The first kappa shape index (κ1) is 10.0. The summed E-state index contributed by atoms with van der Waals surface area (Å²) in [5, 5.41) is 13.9. The molecule has 0 bridgehead atoms. The minimum absolute atomic E-state index is 0.374. The number of benzene rings is 1. The van der Waals surface area contributed by atoms with Gasteiger partial charge in [-0.3, -0.25) is 5.14 Å². The number of nitriles is 1. The monoisotopic (exact) mass is 196 g/mol. The van der Waals surface area contributed by atoms with Crippen molar-refractivity contribution >= 4 is 11.9 Å².